The van der Waals surface area contributed by atoms with Crippen LogP contribution in [-0.4, -0.2) is 64.7 Å². The first-order valence-corrected chi connectivity index (χ1v) is 10.6. The standard InChI is InChI=1S/C18H13F17O2S/c1-38(36)10-5-3-9(4-6-10)37-8-2-7-11(19,20)12(21,22)13(23,24)14(25,26)15(27,28)16(29,30)17(31,32)18(33,34)35/h3-6H,2,7-8H2,1H3/i1+1D. The predicted octanol–water partition coefficient (Wildman–Crippen LogP) is 7.59. The Balaban J connectivity index is 3.16. The van der Waals surface area contributed by atoms with Crippen LogP contribution in [0.5, 0.6) is 5.75 Å². The Morgan fingerprint density at radius 3 is 1.45 bits per heavy atom. The third kappa shape index (κ3) is 5.37. The topological polar surface area (TPSA) is 26.3 Å². The van der Waals surface area contributed by atoms with Gasteiger partial charge in [-0.25, -0.2) is 0 Å². The van der Waals surface area contributed by atoms with Crippen molar-refractivity contribution < 1.29 is 85.0 Å². The van der Waals surface area contributed by atoms with Crippen molar-refractivity contribution in [1.82, 2.24) is 0 Å². The third-order valence-corrected chi connectivity index (χ3v) is 5.58. The number of halogens is 17. The quantitative estimate of drug-likeness (QED) is 0.137. The van der Waals surface area contributed by atoms with Crippen LogP contribution in [0.4, 0.5) is 74.6 Å². The van der Waals surface area contributed by atoms with Gasteiger partial charge < -0.3 is 4.74 Å². The summed E-state index contributed by atoms with van der Waals surface area (Å²) in [7, 11) is -1.77. The smallest absolute Gasteiger partial charge is 0.460 e. The molecule has 1 rings (SSSR count). The number of rotatable bonds is 12. The first-order valence-electron chi connectivity index (χ1n) is 10.00. The molecule has 0 fully saturated rings. The van der Waals surface area contributed by atoms with Crippen molar-refractivity contribution in [3.05, 3.63) is 24.3 Å². The highest BCUT2D eigenvalue weighted by atomic mass is 32.2. The van der Waals surface area contributed by atoms with E-state index in [-0.39, 0.29) is 10.6 Å². The zero-order chi connectivity index (χ0) is 31.1. The summed E-state index contributed by atoms with van der Waals surface area (Å²) in [5, 5.41) is 0. The van der Waals surface area contributed by atoms with E-state index in [1.54, 1.807) is 0 Å². The van der Waals surface area contributed by atoms with Gasteiger partial charge in [-0.3, -0.25) is 4.21 Å². The molecule has 1 atom stereocenters. The van der Waals surface area contributed by atoms with Crippen molar-refractivity contribution in [2.75, 3.05) is 12.8 Å². The fourth-order valence-corrected chi connectivity index (χ4v) is 2.96. The molecule has 0 saturated carbocycles. The molecule has 38 heavy (non-hydrogen) atoms. The molecular weight excluding hydrogens is 604 g/mol. The largest absolute Gasteiger partial charge is 0.494 e. The Morgan fingerprint density at radius 2 is 1.05 bits per heavy atom. The molecule has 1 aromatic rings. The molecule has 20 heteroatoms. The van der Waals surface area contributed by atoms with Gasteiger partial charge in [0.2, 0.25) is 0 Å². The highest BCUT2D eigenvalue weighted by molar-refractivity contribution is 7.84. The van der Waals surface area contributed by atoms with Gasteiger partial charge in [-0.15, -0.1) is 0 Å². The highest BCUT2D eigenvalue weighted by Crippen LogP contribution is 2.64. The molecule has 0 aliphatic heterocycles. The van der Waals surface area contributed by atoms with E-state index in [2.05, 4.69) is 0 Å². The summed E-state index contributed by atoms with van der Waals surface area (Å²) < 4.78 is 248. The van der Waals surface area contributed by atoms with Gasteiger partial charge in [0.15, 0.2) is 0 Å². The second-order valence-electron chi connectivity index (χ2n) is 7.42. The highest BCUT2D eigenvalue weighted by Gasteiger charge is 2.95. The molecule has 222 valence electrons. The van der Waals surface area contributed by atoms with E-state index in [4.69, 9.17) is 6.11 Å². The molecule has 0 heterocycles. The fraction of sp³-hybridized carbons (Fsp3) is 0.667. The first-order chi connectivity index (χ1) is 17.2. The van der Waals surface area contributed by atoms with Crippen LogP contribution in [0.15, 0.2) is 29.2 Å². The third-order valence-electron chi connectivity index (χ3n) is 4.78. The van der Waals surface area contributed by atoms with Gasteiger partial charge in [-0.1, -0.05) is 0 Å². The minimum Gasteiger partial charge on any atom is -0.494 e. The van der Waals surface area contributed by atoms with Crippen LogP contribution in [0.2, 0.25) is 0 Å². The molecule has 0 aliphatic carbocycles. The second-order valence-corrected chi connectivity index (χ2v) is 8.58. The van der Waals surface area contributed by atoms with Crippen molar-refractivity contribution in [3.8, 4) is 5.75 Å². The van der Waals surface area contributed by atoms with Crippen LogP contribution in [0.25, 0.3) is 0 Å². The number of hydrogen-bond donors (Lipinski definition) is 0. The molecule has 0 bridgehead atoms. The van der Waals surface area contributed by atoms with Gasteiger partial charge in [0.25, 0.3) is 0 Å². The fourth-order valence-electron chi connectivity index (χ4n) is 2.53. The lowest BCUT2D eigenvalue weighted by molar-refractivity contribution is -0.461. The van der Waals surface area contributed by atoms with Gasteiger partial charge in [0.1, 0.15) is 5.75 Å². The second kappa shape index (κ2) is 10.2. The summed E-state index contributed by atoms with van der Waals surface area (Å²) in [5.41, 5.74) is 0. The van der Waals surface area contributed by atoms with Crippen molar-refractivity contribution in [2.24, 2.45) is 0 Å². The molecule has 0 aliphatic rings. The Labute approximate surface area is 205 Å². The van der Waals surface area contributed by atoms with Crippen molar-refractivity contribution in [1.29, 1.82) is 0 Å². The van der Waals surface area contributed by atoms with Crippen molar-refractivity contribution in [3.63, 3.8) is 0 Å². The van der Waals surface area contributed by atoms with Crippen LogP contribution in [0, 0.1) is 0 Å². The molecule has 0 amide bonds. The summed E-state index contributed by atoms with van der Waals surface area (Å²) in [6, 6.07) is 4.24. The molecule has 0 N–H and O–H groups in total. The zero-order valence-electron chi connectivity index (χ0n) is 18.8. The van der Waals surface area contributed by atoms with Crippen molar-refractivity contribution >= 4 is 10.8 Å². The van der Waals surface area contributed by atoms with E-state index in [9.17, 15) is 78.8 Å². The molecule has 0 spiro atoms. The van der Waals surface area contributed by atoms with Crippen LogP contribution in [0.1, 0.15) is 14.2 Å². The predicted molar refractivity (Wildman–Crippen MR) is 94.2 cm³/mol. The molecule has 1 unspecified atom stereocenters. The van der Waals surface area contributed by atoms with E-state index in [0.29, 0.717) is 0 Å². The number of hydrogen-bond acceptors (Lipinski definition) is 2. The zero-order valence-corrected chi connectivity index (χ0v) is 18.6. The Morgan fingerprint density at radius 1 is 0.658 bits per heavy atom. The summed E-state index contributed by atoms with van der Waals surface area (Å²) in [4.78, 5) is 0.0852. The van der Waals surface area contributed by atoms with Crippen LogP contribution < -0.4 is 4.74 Å². The average molecular weight is 618 g/mol. The molecular formula is C18H13F17O2S. The normalized spacial score (nSPS) is 16.3. The van der Waals surface area contributed by atoms with E-state index in [1.807, 2.05) is 0 Å². The first kappa shape index (κ1) is 32.2. The summed E-state index contributed by atoms with van der Waals surface area (Å²) in [5.74, 6) is -56.7. The lowest BCUT2D eigenvalue weighted by atomic mass is 9.88. The lowest BCUT2D eigenvalue weighted by Gasteiger charge is -2.42. The number of ether oxygens (including phenoxy) is 1. The van der Waals surface area contributed by atoms with E-state index < -0.39 is 84.1 Å². The summed E-state index contributed by atoms with van der Waals surface area (Å²) in [6.45, 7) is -1.08. The molecule has 0 radical (unpaired) electrons. The van der Waals surface area contributed by atoms with E-state index in [0.717, 1.165) is 24.3 Å². The lowest BCUT2D eigenvalue weighted by Crippen LogP contribution is -2.74. The monoisotopic (exact) mass is 618 g/mol. The minimum absolute atomic E-state index is 0.0852. The Kier molecular flexibility index (Phi) is 8.63. The number of benzene rings is 1. The maximum absolute atomic E-state index is 13.8. The molecule has 2 nitrogen and oxygen atoms in total. The van der Waals surface area contributed by atoms with Crippen LogP contribution in [0.3, 0.4) is 0 Å². The van der Waals surface area contributed by atoms with Crippen molar-refractivity contribution in [2.45, 2.75) is 65.4 Å². The van der Waals surface area contributed by atoms with E-state index in [1.165, 1.54) is 0 Å². The molecule has 1 aromatic carbocycles. The van der Waals surface area contributed by atoms with Crippen LogP contribution >= 0.6 is 0 Å². The summed E-state index contributed by atoms with van der Waals surface area (Å²) >= 11 is 0. The maximum atomic E-state index is 13.8. The Bertz CT molecular complexity index is 1010. The van der Waals surface area contributed by atoms with E-state index >= 15 is 0 Å². The Hall–Kier alpha value is -2.02. The van der Waals surface area contributed by atoms with Gasteiger partial charge >= 0.3 is 47.6 Å². The van der Waals surface area contributed by atoms with Crippen LogP contribution in [-0.2, 0) is 10.8 Å². The molecule has 0 saturated heterocycles. The SMILES string of the molecule is [2H][13CH2]S(=O)c1ccc(OCCCC(F)(F)C(F)(F)C(F)(F)C(F)(F)C(F)(F)C(F)(F)C(F)(F)C(F)(F)F)cc1. The summed E-state index contributed by atoms with van der Waals surface area (Å²) in [6.07, 6.45) is -12.4. The minimum atomic E-state index is -8.65. The molecule has 0 aromatic heterocycles. The maximum Gasteiger partial charge on any atom is 0.460 e. The van der Waals surface area contributed by atoms with Gasteiger partial charge in [-0.2, -0.15) is 74.6 Å². The van der Waals surface area contributed by atoms with Gasteiger partial charge in [-0.05, 0) is 30.7 Å². The van der Waals surface area contributed by atoms with Gasteiger partial charge in [0, 0.05) is 29.7 Å². The van der Waals surface area contributed by atoms with Gasteiger partial charge in [0.05, 0.1) is 6.61 Å². The average Bonchev–Trinajstić information content (AvgIpc) is 2.80. The number of alkyl halides is 17.